The zero-order valence-electron chi connectivity index (χ0n) is 9.94. The fourth-order valence-electron chi connectivity index (χ4n) is 0.620. The Morgan fingerprint density at radius 2 is 2.33 bits per heavy atom. The first-order valence-corrected chi connectivity index (χ1v) is 4.02. The van der Waals surface area contributed by atoms with E-state index in [1.165, 1.54) is 0 Å². The lowest BCUT2D eigenvalue weighted by Gasteiger charge is -2.05. The number of hydrogen-bond donors (Lipinski definition) is 3. The van der Waals surface area contributed by atoms with Crippen molar-refractivity contribution in [3.63, 3.8) is 0 Å². The first kappa shape index (κ1) is 6.65. The molecule has 0 unspecified atom stereocenters. The van der Waals surface area contributed by atoms with E-state index in [2.05, 4.69) is 16.0 Å². The number of nitrogens with one attached hydrogen (secondary N) is 3. The van der Waals surface area contributed by atoms with Crippen LogP contribution in [0.15, 0.2) is 0 Å². The van der Waals surface area contributed by atoms with E-state index in [-0.39, 0.29) is 11.0 Å². The number of rotatable bonds is 4. The number of hydrogen-bond acceptors (Lipinski definition) is 2. The molecular weight excluding hydrogens is 174 g/mol. The molecule has 0 aromatic carbocycles. The highest BCUT2D eigenvalue weighted by Crippen LogP contribution is 1.85. The van der Waals surface area contributed by atoms with Gasteiger partial charge in [0.15, 0.2) is 5.11 Å². The Balaban J connectivity index is 3.52. The van der Waals surface area contributed by atoms with Gasteiger partial charge in [-0.25, -0.2) is 0 Å². The Bertz CT molecular complexity index is 232. The molecule has 12 heavy (non-hydrogen) atoms. The minimum atomic E-state index is -2.27. The predicted molar refractivity (Wildman–Crippen MR) is 53.0 cm³/mol. The van der Waals surface area contributed by atoms with Crippen LogP contribution < -0.4 is 16.0 Å². The van der Waals surface area contributed by atoms with E-state index in [0.717, 1.165) is 0 Å². The lowest BCUT2D eigenvalue weighted by Crippen LogP contribution is -2.33. The molecule has 0 saturated heterocycles. The van der Waals surface area contributed by atoms with E-state index in [0.29, 0.717) is 19.4 Å². The molecule has 70 valence electrons. The van der Waals surface area contributed by atoms with Crippen LogP contribution in [-0.2, 0) is 4.79 Å². The van der Waals surface area contributed by atoms with Gasteiger partial charge in [-0.2, -0.15) is 0 Å². The van der Waals surface area contributed by atoms with Crippen LogP contribution in [0.1, 0.15) is 17.0 Å². The molecule has 0 aromatic heterocycles. The molecular formula is C7H15N3OS. The van der Waals surface area contributed by atoms with Crippen molar-refractivity contribution in [2.45, 2.75) is 12.8 Å². The summed E-state index contributed by atoms with van der Waals surface area (Å²) in [6, 6.07) is 0. The van der Waals surface area contributed by atoms with Gasteiger partial charge >= 0.3 is 0 Å². The average Bonchev–Trinajstić information content (AvgIpc) is 2.09. The van der Waals surface area contributed by atoms with E-state index in [1.54, 1.807) is 7.05 Å². The molecule has 0 radical (unpaired) electrons. The molecule has 4 nitrogen and oxygen atoms in total. The molecule has 0 aromatic rings. The summed E-state index contributed by atoms with van der Waals surface area (Å²) in [5.74, 6) is -0.0495. The maximum Gasteiger partial charge on any atom is 0.219 e. The highest BCUT2D eigenvalue weighted by Gasteiger charge is 1.96. The minimum Gasteiger partial charge on any atom is -0.366 e. The van der Waals surface area contributed by atoms with Crippen LogP contribution >= 0.6 is 12.2 Å². The SMILES string of the molecule is [2H]C([2H])([2H])NC(=S)NCCCC(=O)NC. The largest absolute Gasteiger partial charge is 0.366 e. The third kappa shape index (κ3) is 5.91. The van der Waals surface area contributed by atoms with Crippen LogP contribution in [0.2, 0.25) is 0 Å². The van der Waals surface area contributed by atoms with Gasteiger partial charge in [0.25, 0.3) is 0 Å². The van der Waals surface area contributed by atoms with Crippen molar-refractivity contribution < 1.29 is 8.91 Å². The first-order chi connectivity index (χ1) is 6.85. The normalized spacial score (nSPS) is 13.6. The number of thiocarbonyl (C=S) groups is 1. The van der Waals surface area contributed by atoms with Crippen LogP contribution in [0.25, 0.3) is 0 Å². The van der Waals surface area contributed by atoms with Gasteiger partial charge in [-0.3, -0.25) is 4.79 Å². The Morgan fingerprint density at radius 1 is 1.58 bits per heavy atom. The molecule has 0 aliphatic rings. The van der Waals surface area contributed by atoms with Gasteiger partial charge in [0, 0.05) is 31.1 Å². The topological polar surface area (TPSA) is 53.2 Å². The van der Waals surface area contributed by atoms with E-state index < -0.39 is 6.98 Å². The highest BCUT2D eigenvalue weighted by molar-refractivity contribution is 7.80. The maximum atomic E-state index is 10.8. The van der Waals surface area contributed by atoms with Gasteiger partial charge in [-0.05, 0) is 18.6 Å². The first-order valence-electron chi connectivity index (χ1n) is 5.12. The van der Waals surface area contributed by atoms with Crippen molar-refractivity contribution in [3.8, 4) is 0 Å². The van der Waals surface area contributed by atoms with Crippen LogP contribution in [-0.4, -0.2) is 31.6 Å². The molecule has 0 saturated carbocycles. The van der Waals surface area contributed by atoms with E-state index in [1.807, 2.05) is 0 Å². The van der Waals surface area contributed by atoms with E-state index in [9.17, 15) is 4.79 Å². The second kappa shape index (κ2) is 6.84. The molecule has 0 spiro atoms. The fourth-order valence-corrected chi connectivity index (χ4v) is 0.722. The van der Waals surface area contributed by atoms with Crippen molar-refractivity contribution in [1.82, 2.24) is 16.0 Å². The van der Waals surface area contributed by atoms with E-state index in [4.69, 9.17) is 16.3 Å². The molecule has 0 heterocycles. The Morgan fingerprint density at radius 3 is 2.92 bits per heavy atom. The summed E-state index contributed by atoms with van der Waals surface area (Å²) in [5, 5.41) is 7.40. The predicted octanol–water partition coefficient (Wildman–Crippen LogP) is -0.394. The third-order valence-electron chi connectivity index (χ3n) is 1.26. The summed E-state index contributed by atoms with van der Waals surface area (Å²) >= 11 is 4.73. The van der Waals surface area contributed by atoms with Crippen LogP contribution in [0.4, 0.5) is 0 Å². The summed E-state index contributed by atoms with van der Waals surface area (Å²) in [5.41, 5.74) is 0. The standard InChI is InChI=1S/C7H15N3OS/c1-8-6(11)4-3-5-10-7(12)9-2/h3-5H2,1-2H3,(H,8,11)(H2,9,10,12)/i2D3. The lowest BCUT2D eigenvalue weighted by molar-refractivity contribution is -0.120. The van der Waals surface area contributed by atoms with Crippen LogP contribution in [0.3, 0.4) is 0 Å². The average molecular weight is 192 g/mol. The Hall–Kier alpha value is -0.840. The Labute approximate surface area is 82.3 Å². The summed E-state index contributed by atoms with van der Waals surface area (Å²) in [7, 11) is 1.57. The molecule has 3 N–H and O–H groups in total. The molecule has 0 aliphatic carbocycles. The smallest absolute Gasteiger partial charge is 0.219 e. The van der Waals surface area contributed by atoms with Gasteiger partial charge in [0.1, 0.15) is 0 Å². The highest BCUT2D eigenvalue weighted by atomic mass is 32.1. The lowest BCUT2D eigenvalue weighted by atomic mass is 10.3. The molecule has 0 rings (SSSR count). The fraction of sp³-hybridized carbons (Fsp3) is 0.714. The van der Waals surface area contributed by atoms with Crippen LogP contribution in [0.5, 0.6) is 0 Å². The molecule has 0 bridgehead atoms. The van der Waals surface area contributed by atoms with Crippen molar-refractivity contribution in [2.75, 3.05) is 20.6 Å². The number of carbonyl (C=O) groups excluding carboxylic acids is 1. The van der Waals surface area contributed by atoms with Crippen molar-refractivity contribution >= 4 is 23.2 Å². The van der Waals surface area contributed by atoms with Gasteiger partial charge in [-0.15, -0.1) is 0 Å². The second-order valence-corrected chi connectivity index (χ2v) is 2.57. The molecule has 0 aliphatic heterocycles. The maximum absolute atomic E-state index is 10.8. The van der Waals surface area contributed by atoms with Crippen LogP contribution in [0, 0.1) is 0 Å². The van der Waals surface area contributed by atoms with Gasteiger partial charge in [0.05, 0.1) is 0 Å². The van der Waals surface area contributed by atoms with Gasteiger partial charge < -0.3 is 16.0 Å². The van der Waals surface area contributed by atoms with Gasteiger partial charge in [0.2, 0.25) is 5.91 Å². The van der Waals surface area contributed by atoms with Crippen molar-refractivity contribution in [2.24, 2.45) is 0 Å². The summed E-state index contributed by atoms with van der Waals surface area (Å²) in [6.45, 7) is -1.81. The molecule has 5 heteroatoms. The van der Waals surface area contributed by atoms with Crippen molar-refractivity contribution in [1.29, 1.82) is 0 Å². The monoisotopic (exact) mass is 192 g/mol. The van der Waals surface area contributed by atoms with E-state index >= 15 is 0 Å². The number of carbonyl (C=O) groups is 1. The molecule has 0 fully saturated rings. The van der Waals surface area contributed by atoms with Crippen molar-refractivity contribution in [3.05, 3.63) is 0 Å². The third-order valence-corrected chi connectivity index (χ3v) is 1.50. The molecule has 1 amide bonds. The second-order valence-electron chi connectivity index (χ2n) is 2.16. The quantitative estimate of drug-likeness (QED) is 0.419. The summed E-state index contributed by atoms with van der Waals surface area (Å²) < 4.78 is 20.6. The minimum absolute atomic E-state index is 0.0495. The number of amides is 1. The molecule has 0 atom stereocenters. The van der Waals surface area contributed by atoms with Gasteiger partial charge in [-0.1, -0.05) is 0 Å². The summed E-state index contributed by atoms with van der Waals surface area (Å²) in [6.07, 6.45) is 0.988. The zero-order valence-corrected chi connectivity index (χ0v) is 7.75. The Kier molecular flexibility index (Phi) is 3.79. The zero-order chi connectivity index (χ0) is 11.9. The summed E-state index contributed by atoms with van der Waals surface area (Å²) in [4.78, 5) is 10.8.